The second-order valence-electron chi connectivity index (χ2n) is 6.04. The number of nitro groups is 1. The number of hydrazone groups is 1. The van der Waals surface area contributed by atoms with Crippen LogP contribution in [0, 0.1) is 10.1 Å². The van der Waals surface area contributed by atoms with Crippen molar-refractivity contribution in [3.63, 3.8) is 0 Å². The van der Waals surface area contributed by atoms with Gasteiger partial charge < -0.3 is 8.83 Å². The third-order valence-corrected chi connectivity index (χ3v) is 4.78. The SMILES string of the molecule is O=C(CSc1nc2ccccc2o1)N/N=C\c1ccc(-c2cccc([N+](=O)[O-])c2)o1. The van der Waals surface area contributed by atoms with Crippen LogP contribution in [0.15, 0.2) is 79.8 Å². The van der Waals surface area contributed by atoms with E-state index in [1.807, 2.05) is 24.3 Å². The standard InChI is InChI=1S/C20H14N4O5S/c25-19(12-30-20-22-16-6-1-2-7-18(16)29-20)23-21-11-15-8-9-17(28-15)13-4-3-5-14(10-13)24(26)27/h1-11H,12H2,(H,23,25)/b21-11-. The lowest BCUT2D eigenvalue weighted by molar-refractivity contribution is -0.384. The van der Waals surface area contributed by atoms with E-state index in [1.54, 1.807) is 24.3 Å². The van der Waals surface area contributed by atoms with Crippen LogP contribution in [0.3, 0.4) is 0 Å². The molecular weight excluding hydrogens is 408 g/mol. The van der Waals surface area contributed by atoms with Crippen molar-refractivity contribution in [2.75, 3.05) is 5.75 Å². The molecule has 0 radical (unpaired) electrons. The average Bonchev–Trinajstić information content (AvgIpc) is 3.39. The van der Waals surface area contributed by atoms with Crippen LogP contribution in [0.1, 0.15) is 5.76 Å². The van der Waals surface area contributed by atoms with Crippen LogP contribution in [0.4, 0.5) is 5.69 Å². The number of benzene rings is 2. The Morgan fingerprint density at radius 2 is 2.03 bits per heavy atom. The monoisotopic (exact) mass is 422 g/mol. The van der Waals surface area contributed by atoms with Crippen molar-refractivity contribution >= 4 is 40.7 Å². The molecule has 0 bridgehead atoms. The maximum atomic E-state index is 11.9. The van der Waals surface area contributed by atoms with E-state index in [4.69, 9.17) is 8.83 Å². The minimum absolute atomic E-state index is 0.0252. The van der Waals surface area contributed by atoms with Gasteiger partial charge in [-0.1, -0.05) is 36.0 Å². The van der Waals surface area contributed by atoms with E-state index in [2.05, 4.69) is 15.5 Å². The van der Waals surface area contributed by atoms with Crippen LogP contribution in [-0.4, -0.2) is 27.8 Å². The first kappa shape index (κ1) is 19.4. The molecule has 0 aliphatic rings. The lowest BCUT2D eigenvalue weighted by Crippen LogP contribution is -2.19. The van der Waals surface area contributed by atoms with Gasteiger partial charge in [-0.3, -0.25) is 14.9 Å². The highest BCUT2D eigenvalue weighted by Crippen LogP contribution is 2.25. The topological polar surface area (TPSA) is 124 Å². The summed E-state index contributed by atoms with van der Waals surface area (Å²) in [7, 11) is 0. The molecule has 0 spiro atoms. The third kappa shape index (κ3) is 4.55. The molecule has 0 atom stereocenters. The molecule has 0 saturated carbocycles. The predicted octanol–water partition coefficient (Wildman–Crippen LogP) is 4.24. The smallest absolute Gasteiger partial charge is 0.270 e. The van der Waals surface area contributed by atoms with Crippen LogP contribution < -0.4 is 5.43 Å². The van der Waals surface area contributed by atoms with Crippen LogP contribution >= 0.6 is 11.8 Å². The fourth-order valence-electron chi connectivity index (χ4n) is 2.59. The molecule has 30 heavy (non-hydrogen) atoms. The van der Waals surface area contributed by atoms with Gasteiger partial charge in [0.2, 0.25) is 0 Å². The number of hydrogen-bond acceptors (Lipinski definition) is 8. The molecule has 4 rings (SSSR count). The lowest BCUT2D eigenvalue weighted by atomic mass is 10.1. The summed E-state index contributed by atoms with van der Waals surface area (Å²) in [6, 6.07) is 16.8. The van der Waals surface area contributed by atoms with E-state index in [9.17, 15) is 14.9 Å². The minimum Gasteiger partial charge on any atom is -0.455 e. The first-order valence-corrected chi connectivity index (χ1v) is 9.72. The predicted molar refractivity (Wildman–Crippen MR) is 111 cm³/mol. The Morgan fingerprint density at radius 1 is 1.17 bits per heavy atom. The number of nitrogens with one attached hydrogen (secondary N) is 1. The van der Waals surface area contributed by atoms with Crippen LogP contribution in [0.2, 0.25) is 0 Å². The highest BCUT2D eigenvalue weighted by molar-refractivity contribution is 7.99. The molecule has 0 saturated heterocycles. The van der Waals surface area contributed by atoms with Gasteiger partial charge in [0.15, 0.2) is 5.58 Å². The number of thioether (sulfide) groups is 1. The summed E-state index contributed by atoms with van der Waals surface area (Å²) >= 11 is 1.16. The summed E-state index contributed by atoms with van der Waals surface area (Å²) in [5, 5.41) is 15.2. The maximum Gasteiger partial charge on any atom is 0.270 e. The van der Waals surface area contributed by atoms with Crippen molar-refractivity contribution in [2.24, 2.45) is 5.10 Å². The summed E-state index contributed by atoms with van der Waals surface area (Å²) in [6.45, 7) is 0. The van der Waals surface area contributed by atoms with Crippen LogP contribution in [0.5, 0.6) is 0 Å². The Hall–Kier alpha value is -3.92. The number of carbonyl (C=O) groups is 1. The molecule has 9 nitrogen and oxygen atoms in total. The number of rotatable bonds is 7. The molecule has 2 aromatic heterocycles. The number of amides is 1. The van der Waals surface area contributed by atoms with Gasteiger partial charge in [0, 0.05) is 17.7 Å². The maximum absolute atomic E-state index is 11.9. The summed E-state index contributed by atoms with van der Waals surface area (Å²) in [6.07, 6.45) is 1.35. The fraction of sp³-hybridized carbons (Fsp3) is 0.0500. The van der Waals surface area contributed by atoms with Gasteiger partial charge in [-0.15, -0.1) is 0 Å². The van der Waals surface area contributed by atoms with E-state index >= 15 is 0 Å². The van der Waals surface area contributed by atoms with Crippen molar-refractivity contribution in [2.45, 2.75) is 5.22 Å². The van der Waals surface area contributed by atoms with E-state index in [-0.39, 0.29) is 17.3 Å². The molecule has 2 heterocycles. The number of para-hydroxylation sites is 2. The number of hydrogen-bond donors (Lipinski definition) is 1. The number of furan rings is 1. The second kappa shape index (κ2) is 8.62. The Labute approximate surface area is 173 Å². The van der Waals surface area contributed by atoms with Crippen molar-refractivity contribution in [1.82, 2.24) is 10.4 Å². The quantitative estimate of drug-likeness (QED) is 0.204. The largest absolute Gasteiger partial charge is 0.455 e. The van der Waals surface area contributed by atoms with Crippen LogP contribution in [-0.2, 0) is 4.79 Å². The van der Waals surface area contributed by atoms with Crippen molar-refractivity contribution in [3.05, 3.63) is 76.5 Å². The zero-order valence-corrected chi connectivity index (χ0v) is 16.2. The zero-order valence-electron chi connectivity index (χ0n) is 15.3. The van der Waals surface area contributed by atoms with Gasteiger partial charge in [0.25, 0.3) is 16.8 Å². The minimum atomic E-state index is -0.469. The number of nitro benzene ring substituents is 1. The van der Waals surface area contributed by atoms with Gasteiger partial charge in [0.05, 0.1) is 16.9 Å². The highest BCUT2D eigenvalue weighted by atomic mass is 32.2. The normalized spacial score (nSPS) is 11.2. The van der Waals surface area contributed by atoms with Crippen molar-refractivity contribution in [3.8, 4) is 11.3 Å². The molecule has 0 aliphatic heterocycles. The van der Waals surface area contributed by atoms with Crippen molar-refractivity contribution in [1.29, 1.82) is 0 Å². The fourth-order valence-corrected chi connectivity index (χ4v) is 3.22. The van der Waals surface area contributed by atoms with Gasteiger partial charge in [-0.05, 0) is 24.3 Å². The Kier molecular flexibility index (Phi) is 5.57. The summed E-state index contributed by atoms with van der Waals surface area (Å²) in [5.41, 5.74) is 4.34. The summed E-state index contributed by atoms with van der Waals surface area (Å²) in [4.78, 5) is 26.6. The molecule has 0 aliphatic carbocycles. The van der Waals surface area contributed by atoms with Gasteiger partial charge >= 0.3 is 0 Å². The molecule has 0 fully saturated rings. The Balaban J connectivity index is 1.31. The molecule has 1 amide bonds. The number of carbonyl (C=O) groups excluding carboxylic acids is 1. The molecular formula is C20H14N4O5S. The molecule has 4 aromatic rings. The molecule has 2 aromatic carbocycles. The van der Waals surface area contributed by atoms with Crippen LogP contribution in [0.25, 0.3) is 22.4 Å². The average molecular weight is 422 g/mol. The van der Waals surface area contributed by atoms with E-state index in [0.29, 0.717) is 27.9 Å². The molecule has 150 valence electrons. The lowest BCUT2D eigenvalue weighted by Gasteiger charge is -1.97. The first-order valence-electron chi connectivity index (χ1n) is 8.73. The second-order valence-corrected chi connectivity index (χ2v) is 6.97. The van der Waals surface area contributed by atoms with E-state index in [1.165, 1.54) is 18.3 Å². The third-order valence-electron chi connectivity index (χ3n) is 3.95. The summed E-state index contributed by atoms with van der Waals surface area (Å²) in [5.74, 6) is 0.603. The Bertz CT molecular complexity index is 1210. The van der Waals surface area contributed by atoms with E-state index < -0.39 is 4.92 Å². The zero-order chi connectivity index (χ0) is 20.9. The molecule has 0 unspecified atom stereocenters. The first-order chi connectivity index (χ1) is 14.6. The number of oxazole rings is 1. The number of non-ortho nitro benzene ring substituents is 1. The van der Waals surface area contributed by atoms with Crippen molar-refractivity contribution < 1.29 is 18.6 Å². The molecule has 1 N–H and O–H groups in total. The van der Waals surface area contributed by atoms with Gasteiger partial charge in [-0.25, -0.2) is 10.4 Å². The number of aromatic nitrogens is 1. The summed E-state index contributed by atoms with van der Waals surface area (Å²) < 4.78 is 11.1. The van der Waals surface area contributed by atoms with Gasteiger partial charge in [0.1, 0.15) is 17.0 Å². The molecule has 10 heteroatoms. The highest BCUT2D eigenvalue weighted by Gasteiger charge is 2.10. The van der Waals surface area contributed by atoms with E-state index in [0.717, 1.165) is 17.3 Å². The number of nitrogens with zero attached hydrogens (tertiary/aromatic N) is 3. The number of fused-ring (bicyclic) bond motifs is 1. The van der Waals surface area contributed by atoms with Gasteiger partial charge in [-0.2, -0.15) is 5.10 Å². The Morgan fingerprint density at radius 3 is 2.87 bits per heavy atom.